The molecule has 154 valence electrons. The molecule has 0 spiro atoms. The number of nitrogens with two attached hydrogens (primary N) is 1. The molecule has 0 aliphatic heterocycles. The first-order chi connectivity index (χ1) is 12.3. The smallest absolute Gasteiger partial charge is 0.224 e. The van der Waals surface area contributed by atoms with Crippen molar-refractivity contribution in [1.29, 1.82) is 0 Å². The number of carbonyl (C=O) groups excluding carboxylic acids is 1. The van der Waals surface area contributed by atoms with Crippen LogP contribution in [0.2, 0.25) is 0 Å². The lowest BCUT2D eigenvalue weighted by Crippen LogP contribution is -2.46. The Balaban J connectivity index is 0.00000676. The summed E-state index contributed by atoms with van der Waals surface area (Å²) in [5, 5.41) is 6.35. The van der Waals surface area contributed by atoms with Gasteiger partial charge in [-0.15, -0.1) is 24.0 Å². The van der Waals surface area contributed by atoms with E-state index in [2.05, 4.69) is 15.6 Å². The Kier molecular flexibility index (Phi) is 12.0. The molecule has 0 saturated carbocycles. The fraction of sp³-hybridized carbons (Fsp3) is 0.579. The Bertz CT molecular complexity index is 621. The van der Waals surface area contributed by atoms with Gasteiger partial charge >= 0.3 is 0 Å². The topological polar surface area (TPSA) is 98.0 Å². The molecule has 1 amide bonds. The van der Waals surface area contributed by atoms with Crippen molar-refractivity contribution in [3.05, 3.63) is 29.3 Å². The highest BCUT2D eigenvalue weighted by Crippen LogP contribution is 2.21. The van der Waals surface area contributed by atoms with Gasteiger partial charge in [-0.05, 0) is 39.3 Å². The maximum Gasteiger partial charge on any atom is 0.224 e. The summed E-state index contributed by atoms with van der Waals surface area (Å²) in [7, 11) is 1.65. The van der Waals surface area contributed by atoms with Crippen molar-refractivity contribution in [2.75, 3.05) is 33.4 Å². The Morgan fingerprint density at radius 2 is 1.96 bits per heavy atom. The van der Waals surface area contributed by atoms with Crippen LogP contribution in [0.25, 0.3) is 0 Å². The first-order valence-electron chi connectivity index (χ1n) is 8.83. The Hall–Kier alpha value is -1.55. The minimum Gasteiger partial charge on any atom is -0.491 e. The second-order valence-electron chi connectivity index (χ2n) is 6.75. The zero-order valence-corrected chi connectivity index (χ0v) is 19.3. The maximum absolute atomic E-state index is 11.5. The summed E-state index contributed by atoms with van der Waals surface area (Å²) in [6.07, 6.45) is 0. The van der Waals surface area contributed by atoms with Crippen LogP contribution in [0.15, 0.2) is 23.2 Å². The predicted molar refractivity (Wildman–Crippen MR) is 120 cm³/mol. The number of aliphatic imine (C=N–C) groups is 1. The molecule has 0 fully saturated rings. The van der Waals surface area contributed by atoms with Gasteiger partial charge < -0.3 is 25.8 Å². The van der Waals surface area contributed by atoms with Crippen LogP contribution in [0.3, 0.4) is 0 Å². The van der Waals surface area contributed by atoms with E-state index in [1.165, 1.54) is 0 Å². The number of nitrogens with zero attached hydrogens (tertiary/aromatic N) is 1. The Morgan fingerprint density at radius 1 is 1.26 bits per heavy atom. The number of rotatable bonds is 10. The van der Waals surface area contributed by atoms with Crippen LogP contribution >= 0.6 is 24.0 Å². The molecule has 0 unspecified atom stereocenters. The molecule has 0 bridgehead atoms. The van der Waals surface area contributed by atoms with E-state index in [-0.39, 0.29) is 29.9 Å². The third kappa shape index (κ3) is 9.28. The van der Waals surface area contributed by atoms with E-state index in [1.54, 1.807) is 21.0 Å². The summed E-state index contributed by atoms with van der Waals surface area (Å²) in [5.41, 5.74) is 6.87. The van der Waals surface area contributed by atoms with Gasteiger partial charge in [-0.1, -0.05) is 12.1 Å². The molecular formula is C19H33IN4O3. The molecule has 0 aliphatic carbocycles. The van der Waals surface area contributed by atoms with Gasteiger partial charge in [-0.2, -0.15) is 0 Å². The van der Waals surface area contributed by atoms with E-state index in [0.717, 1.165) is 16.9 Å². The van der Waals surface area contributed by atoms with Gasteiger partial charge in [0, 0.05) is 25.8 Å². The molecule has 0 radical (unpaired) electrons. The van der Waals surface area contributed by atoms with Crippen LogP contribution < -0.4 is 21.1 Å². The number of methoxy groups -OCH3 is 1. The molecule has 1 aromatic rings. The van der Waals surface area contributed by atoms with Crippen molar-refractivity contribution < 1.29 is 14.3 Å². The average molecular weight is 492 g/mol. The molecule has 0 atom stereocenters. The zero-order chi connectivity index (χ0) is 19.6. The number of ether oxygens (including phenoxy) is 2. The van der Waals surface area contributed by atoms with E-state index in [9.17, 15) is 4.79 Å². The molecule has 0 aromatic heterocycles. The van der Waals surface area contributed by atoms with Crippen LogP contribution in [-0.2, 0) is 16.1 Å². The van der Waals surface area contributed by atoms with Crippen LogP contribution in [0, 0.1) is 12.3 Å². The minimum absolute atomic E-state index is 0. The number of primary amides is 1. The van der Waals surface area contributed by atoms with Crippen LogP contribution in [0.5, 0.6) is 5.75 Å². The molecular weight excluding hydrogens is 459 g/mol. The third-order valence-corrected chi connectivity index (χ3v) is 3.88. The number of guanidine groups is 1. The Labute approximate surface area is 179 Å². The quantitative estimate of drug-likeness (QED) is 0.201. The highest BCUT2D eigenvalue weighted by molar-refractivity contribution is 14.0. The van der Waals surface area contributed by atoms with Crippen LogP contribution in [-0.4, -0.2) is 45.3 Å². The molecule has 0 saturated heterocycles. The van der Waals surface area contributed by atoms with Crippen LogP contribution in [0.4, 0.5) is 0 Å². The summed E-state index contributed by atoms with van der Waals surface area (Å²) in [6, 6.07) is 6.04. The number of hydrogen-bond acceptors (Lipinski definition) is 4. The van der Waals surface area contributed by atoms with Crippen molar-refractivity contribution in [3.63, 3.8) is 0 Å². The number of nitrogens with one attached hydrogen (secondary N) is 2. The lowest BCUT2D eigenvalue weighted by atomic mass is 9.93. The number of aryl methyl sites for hydroxylation is 1. The standard InChI is InChI=1S/C19H32N4O3.HI/c1-6-21-18(23-13-19(3,4)17(20)24)22-12-15-8-7-14(2)11-16(15)26-10-9-25-5;/h7-8,11H,6,9-10,12-13H2,1-5H3,(H2,20,24)(H2,21,22,23);1H. The molecule has 1 aromatic carbocycles. The molecule has 0 heterocycles. The van der Waals surface area contributed by atoms with E-state index in [0.29, 0.717) is 38.8 Å². The van der Waals surface area contributed by atoms with Crippen molar-refractivity contribution in [1.82, 2.24) is 10.6 Å². The SMILES string of the molecule is CCNC(=NCc1ccc(C)cc1OCCOC)NCC(C)(C)C(N)=O.I. The number of hydrogen-bond donors (Lipinski definition) is 3. The summed E-state index contributed by atoms with van der Waals surface area (Å²) >= 11 is 0. The fourth-order valence-electron chi connectivity index (χ4n) is 2.06. The summed E-state index contributed by atoms with van der Waals surface area (Å²) in [4.78, 5) is 16.1. The first-order valence-corrected chi connectivity index (χ1v) is 8.83. The van der Waals surface area contributed by atoms with Gasteiger partial charge in [0.25, 0.3) is 0 Å². The lowest BCUT2D eigenvalue weighted by Gasteiger charge is -2.22. The van der Waals surface area contributed by atoms with Gasteiger partial charge in [0.1, 0.15) is 12.4 Å². The molecule has 4 N–H and O–H groups in total. The van der Waals surface area contributed by atoms with Crippen molar-refractivity contribution >= 4 is 35.8 Å². The largest absolute Gasteiger partial charge is 0.491 e. The highest BCUT2D eigenvalue weighted by atomic mass is 127. The lowest BCUT2D eigenvalue weighted by molar-refractivity contribution is -0.125. The Morgan fingerprint density at radius 3 is 2.56 bits per heavy atom. The molecule has 27 heavy (non-hydrogen) atoms. The summed E-state index contributed by atoms with van der Waals surface area (Å²) < 4.78 is 10.8. The second kappa shape index (κ2) is 12.8. The van der Waals surface area contributed by atoms with Crippen LogP contribution in [0.1, 0.15) is 31.9 Å². The monoisotopic (exact) mass is 492 g/mol. The van der Waals surface area contributed by atoms with Gasteiger partial charge in [0.05, 0.1) is 18.6 Å². The zero-order valence-electron chi connectivity index (χ0n) is 16.9. The van der Waals surface area contributed by atoms with Gasteiger partial charge in [-0.3, -0.25) is 4.79 Å². The normalized spacial score (nSPS) is 11.5. The molecule has 1 rings (SSSR count). The van der Waals surface area contributed by atoms with E-state index >= 15 is 0 Å². The van der Waals surface area contributed by atoms with E-state index < -0.39 is 5.41 Å². The van der Waals surface area contributed by atoms with Gasteiger partial charge in [-0.25, -0.2) is 4.99 Å². The highest BCUT2D eigenvalue weighted by Gasteiger charge is 2.24. The van der Waals surface area contributed by atoms with Gasteiger partial charge in [0.15, 0.2) is 5.96 Å². The van der Waals surface area contributed by atoms with Gasteiger partial charge in [0.2, 0.25) is 5.91 Å². The third-order valence-electron chi connectivity index (χ3n) is 3.88. The fourth-order valence-corrected chi connectivity index (χ4v) is 2.06. The molecule has 0 aliphatic rings. The first kappa shape index (κ1) is 25.4. The maximum atomic E-state index is 11.5. The predicted octanol–water partition coefficient (Wildman–Crippen LogP) is 2.20. The van der Waals surface area contributed by atoms with Crippen molar-refractivity contribution in [2.45, 2.75) is 34.2 Å². The second-order valence-corrected chi connectivity index (χ2v) is 6.75. The summed E-state index contributed by atoms with van der Waals surface area (Å²) in [6.45, 7) is 10.2. The van der Waals surface area contributed by atoms with Crippen molar-refractivity contribution in [2.24, 2.45) is 16.1 Å². The average Bonchev–Trinajstić information content (AvgIpc) is 2.58. The molecule has 8 heteroatoms. The number of halogens is 1. The van der Waals surface area contributed by atoms with Crippen molar-refractivity contribution in [3.8, 4) is 5.75 Å². The number of amides is 1. The number of benzene rings is 1. The van der Waals surface area contributed by atoms with E-state index in [4.69, 9.17) is 15.2 Å². The molecule has 7 nitrogen and oxygen atoms in total. The van der Waals surface area contributed by atoms with E-state index in [1.807, 2.05) is 32.0 Å². The minimum atomic E-state index is -0.658. The number of carbonyl (C=O) groups is 1. The summed E-state index contributed by atoms with van der Waals surface area (Å²) in [5.74, 6) is 1.08.